The van der Waals surface area contributed by atoms with Crippen LogP contribution in [0.5, 0.6) is 0 Å². The predicted octanol–water partition coefficient (Wildman–Crippen LogP) is 9.43. The van der Waals surface area contributed by atoms with E-state index in [1.54, 1.807) is 4.67 Å². The Morgan fingerprint density at radius 3 is 1.00 bits per heavy atom. The summed E-state index contributed by atoms with van der Waals surface area (Å²) in [7, 11) is 0. The molecule has 0 aliphatic carbocycles. The zero-order valence-electron chi connectivity index (χ0n) is 21.6. The molecule has 0 amide bonds. The average molecular weight is 452 g/mol. The van der Waals surface area contributed by atoms with Crippen molar-refractivity contribution in [2.45, 2.75) is 136 Å². The summed E-state index contributed by atoms with van der Waals surface area (Å²) in [6.07, 6.45) is 31.0. The van der Waals surface area contributed by atoms with Crippen molar-refractivity contribution in [3.8, 4) is 12.4 Å². The van der Waals surface area contributed by atoms with Crippen LogP contribution in [-0.4, -0.2) is 29.8 Å². The van der Waals surface area contributed by atoms with Gasteiger partial charge in [0.2, 0.25) is 0 Å². The monoisotopic (exact) mass is 451 g/mol. The maximum absolute atomic E-state index is 9.93. The van der Waals surface area contributed by atoms with E-state index < -0.39 is 6.75 Å². The Morgan fingerprint density at radius 2 is 0.742 bits per heavy atom. The second kappa shape index (κ2) is 18.8. The quantitative estimate of drug-likeness (QED) is 0.0712. The molecule has 0 bridgehead atoms. The minimum absolute atomic E-state index is 1.10. The third kappa shape index (κ3) is 12.7. The third-order valence-electron chi connectivity index (χ3n) is 7.27. The van der Waals surface area contributed by atoms with Crippen LogP contribution in [0.3, 0.4) is 0 Å². The van der Waals surface area contributed by atoms with Crippen LogP contribution in [-0.2, 0) is 0 Å². The fourth-order valence-electron chi connectivity index (χ4n) is 4.97. The van der Waals surface area contributed by atoms with Crippen molar-refractivity contribution in [1.82, 2.24) is 4.67 Å². The summed E-state index contributed by atoms with van der Waals surface area (Å²) in [6, 6.07) is 0. The van der Waals surface area contributed by atoms with Gasteiger partial charge in [-0.3, -0.25) is 0 Å². The van der Waals surface area contributed by atoms with Crippen LogP contribution in [0.25, 0.3) is 0 Å². The number of hydrogen-bond acceptors (Lipinski definition) is 3. The van der Waals surface area contributed by atoms with Crippen LogP contribution in [0.15, 0.2) is 0 Å². The topological polar surface area (TPSA) is 50.8 Å². The Hall–Kier alpha value is -0.790. The molecule has 0 aliphatic rings. The van der Waals surface area contributed by atoms with Gasteiger partial charge >= 0.3 is 196 Å². The summed E-state index contributed by atoms with van der Waals surface area (Å²) in [6.45, 7) is 6.66. The minimum atomic E-state index is -2.52. The Morgan fingerprint density at radius 1 is 0.484 bits per heavy atom. The van der Waals surface area contributed by atoms with Gasteiger partial charge in [0, 0.05) is 0 Å². The molecule has 0 unspecified atom stereocenters. The van der Waals surface area contributed by atoms with Crippen molar-refractivity contribution >= 4 is 6.75 Å². The van der Waals surface area contributed by atoms with Crippen LogP contribution in [0, 0.1) is 22.9 Å². The van der Waals surface area contributed by atoms with E-state index in [1.807, 2.05) is 0 Å². The summed E-state index contributed by atoms with van der Waals surface area (Å²) in [5.74, 6) is 0. The average Bonchev–Trinajstić information content (AvgIpc) is 2.77. The molecule has 182 valence electrons. The molecule has 0 saturated carbocycles. The molecule has 0 fully saturated rings. The summed E-state index contributed by atoms with van der Waals surface area (Å²) in [5.41, 5.74) is 0. The van der Waals surface area contributed by atoms with E-state index in [1.165, 1.54) is 116 Å². The summed E-state index contributed by atoms with van der Waals surface area (Å²) in [4.78, 5) is 0. The third-order valence-corrected chi connectivity index (χ3v) is 13.5. The van der Waals surface area contributed by atoms with Crippen LogP contribution in [0.2, 0.25) is 0 Å². The van der Waals surface area contributed by atoms with Crippen LogP contribution >= 0.6 is 6.75 Å². The molecular formula is C27H54N3P. The van der Waals surface area contributed by atoms with Gasteiger partial charge in [0.1, 0.15) is 0 Å². The Kier molecular flexibility index (Phi) is 18.3. The van der Waals surface area contributed by atoms with Gasteiger partial charge in [0.15, 0.2) is 0 Å². The standard InChI is InChI=1S/C27H54N3P/c1-5-8-11-14-17-20-23-31(4,30(26-28)27-29,24-21-18-15-12-9-6-2)25-22-19-16-13-10-7-3/h5-25H2,1-4H3. The fraction of sp³-hybridized carbons (Fsp3) is 0.926. The van der Waals surface area contributed by atoms with Crippen molar-refractivity contribution in [3.05, 3.63) is 0 Å². The molecular weight excluding hydrogens is 397 g/mol. The number of unbranched alkanes of at least 4 members (excludes halogenated alkanes) is 15. The SMILES string of the molecule is CCCCCCCCP(C)(CCCCCCCC)(CCCCCCCC)N(C#N)C#N. The van der Waals surface area contributed by atoms with Gasteiger partial charge in [-0.25, -0.2) is 0 Å². The maximum atomic E-state index is 9.93. The normalized spacial score (nSPS) is 12.6. The predicted molar refractivity (Wildman–Crippen MR) is 141 cm³/mol. The first-order chi connectivity index (χ1) is 15.0. The molecule has 3 nitrogen and oxygen atoms in total. The molecule has 0 radical (unpaired) electrons. The van der Waals surface area contributed by atoms with E-state index in [9.17, 15) is 10.5 Å². The molecule has 0 heterocycles. The number of rotatable bonds is 22. The molecule has 0 aromatic carbocycles. The van der Waals surface area contributed by atoms with Crippen molar-refractivity contribution in [1.29, 1.82) is 10.5 Å². The molecule has 0 saturated heterocycles. The van der Waals surface area contributed by atoms with E-state index in [0.717, 1.165) is 18.5 Å². The molecule has 0 aromatic rings. The van der Waals surface area contributed by atoms with Crippen LogP contribution in [0.4, 0.5) is 0 Å². The Labute approximate surface area is 195 Å². The van der Waals surface area contributed by atoms with Crippen molar-refractivity contribution in [2.24, 2.45) is 0 Å². The first-order valence-electron chi connectivity index (χ1n) is 13.6. The number of nitrogens with zero attached hydrogens (tertiary/aromatic N) is 3. The number of hydrogen-bond donors (Lipinski definition) is 0. The van der Waals surface area contributed by atoms with Crippen molar-refractivity contribution < 1.29 is 0 Å². The van der Waals surface area contributed by atoms with Crippen molar-refractivity contribution in [3.63, 3.8) is 0 Å². The molecule has 0 spiro atoms. The van der Waals surface area contributed by atoms with E-state index in [0.29, 0.717) is 0 Å². The Balaban J connectivity index is 5.14. The van der Waals surface area contributed by atoms with Gasteiger partial charge in [0.25, 0.3) is 0 Å². The molecule has 0 aromatic heterocycles. The van der Waals surface area contributed by atoms with Gasteiger partial charge in [-0.05, 0) is 0 Å². The van der Waals surface area contributed by atoms with Gasteiger partial charge < -0.3 is 0 Å². The first-order valence-corrected chi connectivity index (χ1v) is 16.8. The van der Waals surface area contributed by atoms with Gasteiger partial charge in [0.05, 0.1) is 0 Å². The van der Waals surface area contributed by atoms with E-state index in [-0.39, 0.29) is 0 Å². The fourth-order valence-corrected chi connectivity index (χ4v) is 10.2. The van der Waals surface area contributed by atoms with Gasteiger partial charge in [-0.15, -0.1) is 0 Å². The van der Waals surface area contributed by atoms with E-state index in [4.69, 9.17) is 0 Å². The molecule has 0 atom stereocenters. The molecule has 0 aliphatic heterocycles. The summed E-state index contributed by atoms with van der Waals surface area (Å²) < 4.78 is 1.63. The molecule has 0 rings (SSSR count). The molecule has 31 heavy (non-hydrogen) atoms. The van der Waals surface area contributed by atoms with E-state index >= 15 is 0 Å². The van der Waals surface area contributed by atoms with Crippen molar-refractivity contribution in [2.75, 3.05) is 25.2 Å². The molecule has 4 heteroatoms. The zero-order valence-corrected chi connectivity index (χ0v) is 22.5. The summed E-state index contributed by atoms with van der Waals surface area (Å²) >= 11 is 0. The molecule has 0 N–H and O–H groups in total. The number of nitriles is 2. The van der Waals surface area contributed by atoms with Gasteiger partial charge in [-0.2, -0.15) is 0 Å². The second-order valence-corrected chi connectivity index (χ2v) is 16.5. The van der Waals surface area contributed by atoms with Crippen LogP contribution < -0.4 is 0 Å². The zero-order chi connectivity index (χ0) is 23.3. The van der Waals surface area contributed by atoms with E-state index in [2.05, 4.69) is 39.8 Å². The first kappa shape index (κ1) is 30.2. The van der Waals surface area contributed by atoms with Crippen LogP contribution in [0.1, 0.15) is 136 Å². The summed E-state index contributed by atoms with van der Waals surface area (Å²) in [5, 5.41) is 19.9. The Bertz CT molecular complexity index is 448. The second-order valence-electron chi connectivity index (χ2n) is 10.2. The van der Waals surface area contributed by atoms with Gasteiger partial charge in [-0.1, -0.05) is 0 Å².